The molecule has 0 amide bonds. The monoisotopic (exact) mass is 488 g/mol. The molecule has 1 aliphatic carbocycles. The molecule has 1 fully saturated rings. The van der Waals surface area contributed by atoms with Crippen LogP contribution in [0.4, 0.5) is 13.2 Å². The standard InChI is InChI=1S/C21H20ClF3N4O2.ClH/c1-11(26)12-3-2-4-14(21(23,24)25)17(12)31-8-7-20(5-6-20)19-28-15-10-27-16(22)9-13(15)18(30)29-19;/h2-4,9-11H,5-8,26H2,1H3,(H,28,29,30);1H/t11-;/m1./s1. The number of alkyl halides is 3. The largest absolute Gasteiger partial charge is 0.493 e. The number of aromatic hydroxyl groups is 1. The fraction of sp³-hybridized carbons (Fsp3) is 0.381. The van der Waals surface area contributed by atoms with Crippen LogP contribution >= 0.6 is 24.0 Å². The van der Waals surface area contributed by atoms with Crippen molar-refractivity contribution in [2.75, 3.05) is 6.61 Å². The Hall–Kier alpha value is -2.36. The minimum Gasteiger partial charge on any atom is -0.493 e. The minimum absolute atomic E-state index is 0. The van der Waals surface area contributed by atoms with E-state index in [0.29, 0.717) is 28.7 Å². The Labute approximate surface area is 193 Å². The van der Waals surface area contributed by atoms with Gasteiger partial charge in [-0.2, -0.15) is 18.2 Å². The van der Waals surface area contributed by atoms with Gasteiger partial charge in [-0.25, -0.2) is 9.97 Å². The van der Waals surface area contributed by atoms with Crippen LogP contribution in [0, 0.1) is 0 Å². The van der Waals surface area contributed by atoms with Crippen molar-refractivity contribution < 1.29 is 23.0 Å². The highest BCUT2D eigenvalue weighted by Crippen LogP contribution is 2.50. The molecule has 0 bridgehead atoms. The first kappa shape index (κ1) is 24.3. The molecule has 0 spiro atoms. The molecule has 1 aromatic carbocycles. The van der Waals surface area contributed by atoms with E-state index in [2.05, 4.69) is 15.0 Å². The van der Waals surface area contributed by atoms with Gasteiger partial charge in [0.1, 0.15) is 16.7 Å². The van der Waals surface area contributed by atoms with Crippen LogP contribution in [-0.4, -0.2) is 26.7 Å². The maximum Gasteiger partial charge on any atom is 0.419 e. The lowest BCUT2D eigenvalue weighted by Gasteiger charge is -2.21. The molecule has 1 atom stereocenters. The zero-order valence-electron chi connectivity index (χ0n) is 17.0. The number of benzene rings is 1. The van der Waals surface area contributed by atoms with E-state index >= 15 is 0 Å². The van der Waals surface area contributed by atoms with E-state index in [1.807, 2.05) is 0 Å². The lowest BCUT2D eigenvalue weighted by molar-refractivity contribution is -0.139. The Balaban J connectivity index is 0.00000289. The van der Waals surface area contributed by atoms with Crippen LogP contribution in [0.3, 0.4) is 0 Å². The second kappa shape index (κ2) is 8.88. The van der Waals surface area contributed by atoms with Crippen LogP contribution in [-0.2, 0) is 11.6 Å². The van der Waals surface area contributed by atoms with Crippen LogP contribution in [0.15, 0.2) is 30.5 Å². The van der Waals surface area contributed by atoms with Gasteiger partial charge >= 0.3 is 6.18 Å². The summed E-state index contributed by atoms with van der Waals surface area (Å²) in [5.74, 6) is -0.0400. The molecule has 0 radical (unpaired) electrons. The third-order valence-electron chi connectivity index (χ3n) is 5.52. The Kier molecular flexibility index (Phi) is 6.74. The van der Waals surface area contributed by atoms with Gasteiger partial charge in [0.05, 0.1) is 29.3 Å². The molecule has 11 heteroatoms. The van der Waals surface area contributed by atoms with Gasteiger partial charge in [-0.15, -0.1) is 12.4 Å². The van der Waals surface area contributed by atoms with Crippen molar-refractivity contribution in [1.82, 2.24) is 15.0 Å². The zero-order chi connectivity index (χ0) is 22.4. The first-order valence-electron chi connectivity index (χ1n) is 9.72. The number of nitrogens with two attached hydrogens (primary N) is 1. The smallest absolute Gasteiger partial charge is 0.419 e. The molecule has 2 heterocycles. The number of nitrogens with zero attached hydrogens (tertiary/aromatic N) is 3. The number of rotatable bonds is 6. The second-order valence-electron chi connectivity index (χ2n) is 7.78. The Bertz CT molecular complexity index is 1140. The number of ether oxygens (including phenoxy) is 1. The molecule has 0 saturated heterocycles. The number of aromatic nitrogens is 3. The summed E-state index contributed by atoms with van der Waals surface area (Å²) in [6.07, 6.45) is -1.24. The van der Waals surface area contributed by atoms with Gasteiger partial charge < -0.3 is 15.6 Å². The average Bonchev–Trinajstić information content (AvgIpc) is 3.48. The first-order valence-corrected chi connectivity index (χ1v) is 10.1. The summed E-state index contributed by atoms with van der Waals surface area (Å²) >= 11 is 5.86. The van der Waals surface area contributed by atoms with Gasteiger partial charge in [-0.1, -0.05) is 23.7 Å². The molecule has 1 aliphatic rings. The maximum atomic E-state index is 13.5. The van der Waals surface area contributed by atoms with E-state index in [9.17, 15) is 18.3 Å². The highest BCUT2D eigenvalue weighted by atomic mass is 35.5. The Morgan fingerprint density at radius 1 is 1.28 bits per heavy atom. The van der Waals surface area contributed by atoms with E-state index in [1.165, 1.54) is 24.4 Å². The SMILES string of the molecule is C[C@@H](N)c1cccc(C(F)(F)F)c1OCCC1(c2nc(O)c3cc(Cl)ncc3n2)CC1.Cl. The van der Waals surface area contributed by atoms with Gasteiger partial charge in [0.15, 0.2) is 0 Å². The maximum absolute atomic E-state index is 13.5. The zero-order valence-corrected chi connectivity index (χ0v) is 18.6. The Morgan fingerprint density at radius 2 is 2.00 bits per heavy atom. The predicted octanol–water partition coefficient (Wildman–Crippen LogP) is 5.34. The number of pyridine rings is 1. The normalized spacial score (nSPS) is 15.8. The van der Waals surface area contributed by atoms with Crippen molar-refractivity contribution in [1.29, 1.82) is 0 Å². The second-order valence-corrected chi connectivity index (χ2v) is 8.17. The number of hydrogen-bond acceptors (Lipinski definition) is 6. The summed E-state index contributed by atoms with van der Waals surface area (Å²) in [6.45, 7) is 1.63. The van der Waals surface area contributed by atoms with E-state index in [0.717, 1.165) is 18.9 Å². The van der Waals surface area contributed by atoms with Crippen molar-refractivity contribution in [3.8, 4) is 11.6 Å². The van der Waals surface area contributed by atoms with Crippen molar-refractivity contribution in [2.45, 2.75) is 43.8 Å². The summed E-state index contributed by atoms with van der Waals surface area (Å²) in [6, 6.07) is 4.69. The van der Waals surface area contributed by atoms with E-state index in [4.69, 9.17) is 22.1 Å². The molecule has 0 aliphatic heterocycles. The molecular weight excluding hydrogens is 468 g/mol. The van der Waals surface area contributed by atoms with Crippen molar-refractivity contribution in [3.05, 3.63) is 52.6 Å². The lowest BCUT2D eigenvalue weighted by Crippen LogP contribution is -2.19. The van der Waals surface area contributed by atoms with Crippen molar-refractivity contribution >= 4 is 34.9 Å². The molecule has 3 N–H and O–H groups in total. The van der Waals surface area contributed by atoms with E-state index in [-0.39, 0.29) is 35.8 Å². The molecule has 32 heavy (non-hydrogen) atoms. The highest BCUT2D eigenvalue weighted by Gasteiger charge is 2.47. The number of para-hydroxylation sites is 1. The third-order valence-corrected chi connectivity index (χ3v) is 5.73. The Morgan fingerprint density at radius 3 is 2.62 bits per heavy atom. The molecular formula is C21H21Cl2F3N4O2. The lowest BCUT2D eigenvalue weighted by atomic mass is 10.0. The molecule has 2 aromatic heterocycles. The molecule has 172 valence electrons. The molecule has 4 rings (SSSR count). The summed E-state index contributed by atoms with van der Waals surface area (Å²) in [7, 11) is 0. The fourth-order valence-electron chi connectivity index (χ4n) is 3.61. The van der Waals surface area contributed by atoms with Crippen molar-refractivity contribution in [3.63, 3.8) is 0 Å². The van der Waals surface area contributed by atoms with Crippen LogP contribution in [0.1, 0.15) is 49.2 Å². The topological polar surface area (TPSA) is 94.2 Å². The third kappa shape index (κ3) is 4.69. The summed E-state index contributed by atoms with van der Waals surface area (Å²) in [5.41, 5.74) is 5.28. The van der Waals surface area contributed by atoms with Crippen LogP contribution in [0.25, 0.3) is 10.9 Å². The molecule has 3 aromatic rings. The van der Waals surface area contributed by atoms with Gasteiger partial charge in [0.25, 0.3) is 0 Å². The summed E-state index contributed by atoms with van der Waals surface area (Å²) in [5, 5.41) is 10.9. The first-order chi connectivity index (χ1) is 14.6. The van der Waals surface area contributed by atoms with E-state index < -0.39 is 23.2 Å². The summed E-state index contributed by atoms with van der Waals surface area (Å²) < 4.78 is 46.0. The highest BCUT2D eigenvalue weighted by molar-refractivity contribution is 6.30. The van der Waals surface area contributed by atoms with Crippen LogP contribution in [0.2, 0.25) is 5.15 Å². The fourth-order valence-corrected chi connectivity index (χ4v) is 3.77. The van der Waals surface area contributed by atoms with Gasteiger partial charge in [0, 0.05) is 17.0 Å². The van der Waals surface area contributed by atoms with E-state index in [1.54, 1.807) is 6.92 Å². The van der Waals surface area contributed by atoms with Gasteiger partial charge in [0.2, 0.25) is 5.88 Å². The minimum atomic E-state index is -4.56. The molecule has 0 unspecified atom stereocenters. The number of fused-ring (bicyclic) bond motifs is 1. The number of halogens is 5. The van der Waals surface area contributed by atoms with Crippen molar-refractivity contribution in [2.24, 2.45) is 5.73 Å². The summed E-state index contributed by atoms with van der Waals surface area (Å²) in [4.78, 5) is 12.7. The average molecular weight is 489 g/mol. The van der Waals surface area contributed by atoms with Crippen LogP contribution < -0.4 is 10.5 Å². The quantitative estimate of drug-likeness (QED) is 0.454. The molecule has 1 saturated carbocycles. The number of hydrogen-bond donors (Lipinski definition) is 2. The van der Waals surface area contributed by atoms with Gasteiger partial charge in [-0.05, 0) is 38.3 Å². The van der Waals surface area contributed by atoms with Crippen LogP contribution in [0.5, 0.6) is 11.6 Å². The van der Waals surface area contributed by atoms with Gasteiger partial charge in [-0.3, -0.25) is 0 Å². The predicted molar refractivity (Wildman–Crippen MR) is 116 cm³/mol. The molecule has 6 nitrogen and oxygen atoms in total.